The molecule has 2 aliphatic rings. The van der Waals surface area contributed by atoms with E-state index in [0.29, 0.717) is 0 Å². The van der Waals surface area contributed by atoms with Gasteiger partial charge in [-0.15, -0.1) is 0 Å². The first kappa shape index (κ1) is 21.2. The molecule has 0 bridgehead atoms. The number of carbonyl (C=O) groups excluding carboxylic acids is 1. The molecule has 1 fully saturated rings. The highest BCUT2D eigenvalue weighted by Gasteiger charge is 2.44. The molecule has 2 heterocycles. The maximum atomic E-state index is 14.6. The van der Waals surface area contributed by atoms with E-state index in [1.807, 2.05) is 0 Å². The van der Waals surface area contributed by atoms with Crippen LogP contribution >= 0.6 is 0 Å². The van der Waals surface area contributed by atoms with Gasteiger partial charge in [0.1, 0.15) is 22.6 Å². The summed E-state index contributed by atoms with van der Waals surface area (Å²) in [4.78, 5) is 24.6. The first-order valence-corrected chi connectivity index (χ1v) is 11.5. The van der Waals surface area contributed by atoms with Gasteiger partial charge in [0.25, 0.3) is 5.91 Å². The van der Waals surface area contributed by atoms with Crippen LogP contribution in [0.15, 0.2) is 35.6 Å². The lowest BCUT2D eigenvalue weighted by atomic mass is 9.82. The molecule has 2 atom stereocenters. The van der Waals surface area contributed by atoms with E-state index < -0.39 is 32.9 Å². The molecule has 0 saturated heterocycles. The largest absolute Gasteiger partial charge is 0.480 e. The van der Waals surface area contributed by atoms with Crippen LogP contribution in [0.2, 0.25) is 0 Å². The van der Waals surface area contributed by atoms with Gasteiger partial charge in [-0.2, -0.15) is 0 Å². The van der Waals surface area contributed by atoms with Crippen LogP contribution in [0.1, 0.15) is 41.4 Å². The summed E-state index contributed by atoms with van der Waals surface area (Å²) in [7, 11) is -2.14. The number of nitrogens with one attached hydrogen (secondary N) is 1. The third kappa shape index (κ3) is 4.22. The summed E-state index contributed by atoms with van der Waals surface area (Å²) in [5.74, 6) is -1.24. The molecule has 2 unspecified atom stereocenters. The number of rotatable bonds is 5. The lowest BCUT2D eigenvalue weighted by Gasteiger charge is -2.36. The lowest BCUT2D eigenvalue weighted by molar-refractivity contribution is 0.102. The molecular weight excluding hydrogens is 425 g/mol. The number of carbonyl (C=O) groups is 1. The minimum atomic E-state index is -3.57. The average Bonchev–Trinajstić information content (AvgIpc) is 2.70. The Hall–Kier alpha value is -3.08. The highest BCUT2D eigenvalue weighted by Crippen LogP contribution is 2.38. The Bertz CT molecular complexity index is 1130. The third-order valence-corrected chi connectivity index (χ3v) is 7.81. The summed E-state index contributed by atoms with van der Waals surface area (Å²) in [6.07, 6.45) is 5.12. The number of hydrogen-bond donors (Lipinski definition) is 2. The maximum absolute atomic E-state index is 14.6. The zero-order valence-electron chi connectivity index (χ0n) is 16.8. The molecule has 1 aliphatic carbocycles. The van der Waals surface area contributed by atoms with Crippen molar-refractivity contribution in [2.24, 2.45) is 16.6 Å². The fourth-order valence-corrected chi connectivity index (χ4v) is 6.03. The molecule has 2 aromatic rings. The number of aliphatic imine (C=N–C) groups is 1. The number of amidine groups is 1. The van der Waals surface area contributed by atoms with Gasteiger partial charge in [-0.05, 0) is 37.0 Å². The Labute approximate surface area is 178 Å². The van der Waals surface area contributed by atoms with Gasteiger partial charge in [0, 0.05) is 11.3 Å². The fourth-order valence-electron chi connectivity index (χ4n) is 3.85. The molecule has 0 spiro atoms. The van der Waals surface area contributed by atoms with E-state index in [4.69, 9.17) is 10.5 Å². The van der Waals surface area contributed by atoms with E-state index in [0.717, 1.165) is 25.3 Å². The van der Waals surface area contributed by atoms with Gasteiger partial charge < -0.3 is 15.8 Å². The Morgan fingerprint density at radius 3 is 2.61 bits per heavy atom. The number of nitrogens with two attached hydrogens (primary N) is 1. The predicted octanol–water partition coefficient (Wildman–Crippen LogP) is 1.87. The zero-order chi connectivity index (χ0) is 22.2. The van der Waals surface area contributed by atoms with Crippen molar-refractivity contribution in [1.29, 1.82) is 0 Å². The smallest absolute Gasteiger partial charge is 0.275 e. The number of benzene rings is 1. The summed E-state index contributed by atoms with van der Waals surface area (Å²) < 4.78 is 45.1. The number of anilines is 1. The van der Waals surface area contributed by atoms with Crippen LogP contribution in [0, 0.1) is 11.7 Å². The van der Waals surface area contributed by atoms with Gasteiger partial charge in [0.2, 0.25) is 5.88 Å². The summed E-state index contributed by atoms with van der Waals surface area (Å²) in [5.41, 5.74) is 6.38. The van der Waals surface area contributed by atoms with Crippen LogP contribution < -0.4 is 15.8 Å². The van der Waals surface area contributed by atoms with Gasteiger partial charge in [-0.3, -0.25) is 9.79 Å². The number of amides is 1. The SMILES string of the molecule is COc1cnc(C(=O)Nc2ccc(F)c(C3CS(=O)(=O)C(C4CCC4)C(N)=N3)c2)cn1. The number of halogens is 1. The topological polar surface area (TPSA) is 137 Å². The molecule has 31 heavy (non-hydrogen) atoms. The molecule has 1 aromatic carbocycles. The second-order valence-corrected chi connectivity index (χ2v) is 9.81. The van der Waals surface area contributed by atoms with Crippen LogP contribution in [-0.2, 0) is 9.84 Å². The Morgan fingerprint density at radius 2 is 2.03 bits per heavy atom. The molecule has 3 N–H and O–H groups in total. The molecule has 1 aliphatic heterocycles. The van der Waals surface area contributed by atoms with E-state index in [1.165, 1.54) is 31.6 Å². The highest BCUT2D eigenvalue weighted by molar-refractivity contribution is 7.92. The maximum Gasteiger partial charge on any atom is 0.275 e. The number of methoxy groups -OCH3 is 1. The second kappa shape index (κ2) is 8.22. The van der Waals surface area contributed by atoms with Crippen molar-refractivity contribution >= 4 is 27.3 Å². The normalized spacial score (nSPS) is 22.8. The lowest BCUT2D eigenvalue weighted by Crippen LogP contribution is -2.49. The van der Waals surface area contributed by atoms with E-state index in [9.17, 15) is 17.6 Å². The van der Waals surface area contributed by atoms with Crippen LogP contribution in [0.3, 0.4) is 0 Å². The average molecular weight is 447 g/mol. The van der Waals surface area contributed by atoms with Crippen LogP contribution in [0.4, 0.5) is 10.1 Å². The molecule has 11 heteroatoms. The van der Waals surface area contributed by atoms with Crippen molar-refractivity contribution in [1.82, 2.24) is 9.97 Å². The van der Waals surface area contributed by atoms with Crippen LogP contribution in [0.25, 0.3) is 0 Å². The van der Waals surface area contributed by atoms with Crippen molar-refractivity contribution in [2.45, 2.75) is 30.6 Å². The van der Waals surface area contributed by atoms with Crippen LogP contribution in [-0.4, -0.2) is 48.2 Å². The van der Waals surface area contributed by atoms with Gasteiger partial charge in [0.15, 0.2) is 9.84 Å². The van der Waals surface area contributed by atoms with Gasteiger partial charge in [0.05, 0.1) is 31.3 Å². The first-order valence-electron chi connectivity index (χ1n) is 9.80. The predicted molar refractivity (Wildman–Crippen MR) is 112 cm³/mol. The Balaban J connectivity index is 1.57. The Kier molecular flexibility index (Phi) is 5.61. The fraction of sp³-hybridized carbons (Fsp3) is 0.400. The summed E-state index contributed by atoms with van der Waals surface area (Å²) in [5, 5.41) is 1.81. The standard InChI is InChI=1S/C20H22FN5O4S/c1-30-17-9-23-15(8-24-17)20(27)25-12-5-6-14(21)13(7-12)16-10-31(28,29)18(19(22)26-16)11-3-2-4-11/h5-9,11,16,18H,2-4,10H2,1H3,(H2,22,26)(H,25,27). The molecule has 0 radical (unpaired) electrons. The Morgan fingerprint density at radius 1 is 1.26 bits per heavy atom. The number of aromatic nitrogens is 2. The highest BCUT2D eigenvalue weighted by atomic mass is 32.2. The number of sulfone groups is 1. The quantitative estimate of drug-likeness (QED) is 0.714. The van der Waals surface area contributed by atoms with Crippen molar-refractivity contribution in [3.05, 3.63) is 47.7 Å². The first-order chi connectivity index (χ1) is 14.8. The van der Waals surface area contributed by atoms with E-state index in [-0.39, 0.29) is 40.3 Å². The van der Waals surface area contributed by atoms with E-state index in [1.54, 1.807) is 0 Å². The minimum absolute atomic E-state index is 0.0178. The summed E-state index contributed by atoms with van der Waals surface area (Å²) in [6, 6.07) is 2.92. The van der Waals surface area contributed by atoms with Gasteiger partial charge in [-0.1, -0.05) is 6.42 Å². The van der Waals surface area contributed by atoms with Crippen LogP contribution in [0.5, 0.6) is 5.88 Å². The van der Waals surface area contributed by atoms with Gasteiger partial charge >= 0.3 is 0 Å². The van der Waals surface area contributed by atoms with E-state index >= 15 is 0 Å². The number of nitrogens with zero attached hydrogens (tertiary/aromatic N) is 3. The van der Waals surface area contributed by atoms with E-state index in [2.05, 4.69) is 20.3 Å². The van der Waals surface area contributed by atoms with Crippen molar-refractivity contribution < 1.29 is 22.3 Å². The molecular formula is C20H22FN5O4S. The zero-order valence-corrected chi connectivity index (χ0v) is 17.6. The molecule has 1 aromatic heterocycles. The molecule has 164 valence electrons. The van der Waals surface area contributed by atoms with Gasteiger partial charge in [-0.25, -0.2) is 22.8 Å². The molecule has 1 amide bonds. The summed E-state index contributed by atoms with van der Waals surface area (Å²) >= 11 is 0. The number of hydrogen-bond acceptors (Lipinski definition) is 8. The second-order valence-electron chi connectivity index (χ2n) is 7.65. The monoisotopic (exact) mass is 447 g/mol. The molecule has 1 saturated carbocycles. The van der Waals surface area contributed by atoms with Crippen molar-refractivity contribution in [2.75, 3.05) is 18.2 Å². The molecule has 9 nitrogen and oxygen atoms in total. The van der Waals surface area contributed by atoms with Crippen molar-refractivity contribution in [3.63, 3.8) is 0 Å². The molecule has 4 rings (SSSR count). The summed E-state index contributed by atoms with van der Waals surface area (Å²) in [6.45, 7) is 0. The third-order valence-electron chi connectivity index (χ3n) is 5.63. The number of ether oxygens (including phenoxy) is 1. The minimum Gasteiger partial charge on any atom is -0.480 e. The van der Waals surface area contributed by atoms with Crippen molar-refractivity contribution in [3.8, 4) is 5.88 Å².